The van der Waals surface area contributed by atoms with Gasteiger partial charge < -0.3 is 10.1 Å². The van der Waals surface area contributed by atoms with E-state index in [-0.39, 0.29) is 0 Å². The summed E-state index contributed by atoms with van der Waals surface area (Å²) in [6, 6.07) is 0. The first kappa shape index (κ1) is 12.9. The second-order valence-electron chi connectivity index (χ2n) is 4.44. The van der Waals surface area contributed by atoms with Crippen LogP contribution in [0.4, 0.5) is 0 Å². The van der Waals surface area contributed by atoms with Gasteiger partial charge in [-0.3, -0.25) is 4.68 Å². The van der Waals surface area contributed by atoms with E-state index >= 15 is 0 Å². The van der Waals surface area contributed by atoms with Crippen LogP contribution in [-0.2, 0) is 17.9 Å². The van der Waals surface area contributed by atoms with E-state index in [0.717, 1.165) is 42.5 Å². The third kappa shape index (κ3) is 3.00. The largest absolute Gasteiger partial charge is 0.371 e. The highest BCUT2D eigenvalue weighted by Gasteiger charge is 2.17. The van der Waals surface area contributed by atoms with Crippen LogP contribution in [0.2, 0.25) is 5.02 Å². The summed E-state index contributed by atoms with van der Waals surface area (Å²) in [5.74, 6) is 0. The number of hydrogen-bond acceptors (Lipinski definition) is 3. The Morgan fingerprint density at radius 2 is 2.41 bits per heavy atom. The van der Waals surface area contributed by atoms with Gasteiger partial charge in [0.1, 0.15) is 0 Å². The first-order valence-electron chi connectivity index (χ1n) is 6.26. The summed E-state index contributed by atoms with van der Waals surface area (Å²) in [4.78, 5) is 0. The van der Waals surface area contributed by atoms with E-state index in [0.29, 0.717) is 12.7 Å². The molecule has 0 bridgehead atoms. The molecule has 0 aliphatic carbocycles. The Balaban J connectivity index is 1.97. The zero-order valence-electron chi connectivity index (χ0n) is 10.5. The topological polar surface area (TPSA) is 39.1 Å². The summed E-state index contributed by atoms with van der Waals surface area (Å²) in [6.07, 6.45) is 2.62. The van der Waals surface area contributed by atoms with Crippen molar-refractivity contribution in [1.29, 1.82) is 0 Å². The molecule has 0 spiro atoms. The summed E-state index contributed by atoms with van der Waals surface area (Å²) in [6.45, 7) is 7.42. The second-order valence-corrected chi connectivity index (χ2v) is 4.82. The van der Waals surface area contributed by atoms with Gasteiger partial charge in [0.15, 0.2) is 0 Å². The molecule has 1 saturated heterocycles. The third-order valence-electron chi connectivity index (χ3n) is 3.16. The van der Waals surface area contributed by atoms with Crippen molar-refractivity contribution in [2.45, 2.75) is 45.9 Å². The first-order chi connectivity index (χ1) is 8.22. The molecule has 0 aromatic carbocycles. The van der Waals surface area contributed by atoms with Crippen LogP contribution in [0, 0.1) is 6.92 Å². The molecule has 2 rings (SSSR count). The Morgan fingerprint density at radius 1 is 1.59 bits per heavy atom. The normalized spacial score (nSPS) is 20.8. The minimum absolute atomic E-state index is 0.306. The van der Waals surface area contributed by atoms with Crippen molar-refractivity contribution in [2.75, 3.05) is 13.1 Å². The number of hydrogen-bond donors (Lipinski definition) is 1. The molecule has 1 aromatic heterocycles. The van der Waals surface area contributed by atoms with Gasteiger partial charge in [0, 0.05) is 13.1 Å². The maximum Gasteiger partial charge on any atom is 0.0904 e. The molecule has 1 atom stereocenters. The molecule has 4 nitrogen and oxygen atoms in total. The summed E-state index contributed by atoms with van der Waals surface area (Å²) < 4.78 is 7.82. The van der Waals surface area contributed by atoms with E-state index < -0.39 is 0 Å². The van der Waals surface area contributed by atoms with Gasteiger partial charge in [-0.15, -0.1) is 0 Å². The van der Waals surface area contributed by atoms with Gasteiger partial charge in [0.2, 0.25) is 0 Å². The zero-order valence-corrected chi connectivity index (χ0v) is 11.3. The Morgan fingerprint density at radius 3 is 3.06 bits per heavy atom. The van der Waals surface area contributed by atoms with Crippen molar-refractivity contribution in [2.24, 2.45) is 0 Å². The average molecular weight is 258 g/mol. The fourth-order valence-corrected chi connectivity index (χ4v) is 2.36. The molecule has 1 aliphatic rings. The number of rotatable bonds is 4. The van der Waals surface area contributed by atoms with Crippen molar-refractivity contribution in [3.63, 3.8) is 0 Å². The molecule has 1 N–H and O–H groups in total. The lowest BCUT2D eigenvalue weighted by atomic mass is 10.1. The van der Waals surface area contributed by atoms with Crippen molar-refractivity contribution >= 4 is 11.6 Å². The van der Waals surface area contributed by atoms with Crippen LogP contribution in [0.3, 0.4) is 0 Å². The average Bonchev–Trinajstić information content (AvgIpc) is 2.64. The first-order valence-corrected chi connectivity index (χ1v) is 6.64. The molecular weight excluding hydrogens is 238 g/mol. The zero-order chi connectivity index (χ0) is 12.3. The second kappa shape index (κ2) is 5.85. The Kier molecular flexibility index (Phi) is 4.42. The summed E-state index contributed by atoms with van der Waals surface area (Å²) in [7, 11) is 0. The molecule has 5 heteroatoms. The van der Waals surface area contributed by atoms with Crippen LogP contribution < -0.4 is 5.32 Å². The quantitative estimate of drug-likeness (QED) is 0.898. The number of halogens is 1. The van der Waals surface area contributed by atoms with Crippen LogP contribution in [0.15, 0.2) is 0 Å². The SMILES string of the molecule is CCn1nc(C)c(Cl)c1CO[C@H]1CCCNC1. The number of ether oxygens (including phenoxy) is 1. The number of aromatic nitrogens is 2. The van der Waals surface area contributed by atoms with Gasteiger partial charge in [-0.05, 0) is 33.2 Å². The highest BCUT2D eigenvalue weighted by molar-refractivity contribution is 6.31. The van der Waals surface area contributed by atoms with E-state index in [1.165, 1.54) is 6.42 Å². The van der Waals surface area contributed by atoms with Gasteiger partial charge in [-0.1, -0.05) is 11.6 Å². The maximum atomic E-state index is 6.23. The molecule has 0 unspecified atom stereocenters. The molecule has 0 saturated carbocycles. The van der Waals surface area contributed by atoms with E-state index in [9.17, 15) is 0 Å². The van der Waals surface area contributed by atoms with E-state index in [1.807, 2.05) is 11.6 Å². The Bertz CT molecular complexity index is 372. The van der Waals surface area contributed by atoms with Gasteiger partial charge in [0.05, 0.1) is 29.1 Å². The van der Waals surface area contributed by atoms with E-state index in [4.69, 9.17) is 16.3 Å². The molecule has 1 fully saturated rings. The minimum atomic E-state index is 0.306. The van der Waals surface area contributed by atoms with Crippen LogP contribution in [-0.4, -0.2) is 29.0 Å². The van der Waals surface area contributed by atoms with Crippen molar-refractivity contribution in [1.82, 2.24) is 15.1 Å². The minimum Gasteiger partial charge on any atom is -0.371 e. The van der Waals surface area contributed by atoms with E-state index in [1.54, 1.807) is 0 Å². The summed E-state index contributed by atoms with van der Waals surface area (Å²) in [5.41, 5.74) is 1.88. The van der Waals surface area contributed by atoms with Crippen LogP contribution >= 0.6 is 11.6 Å². The fraction of sp³-hybridized carbons (Fsp3) is 0.750. The van der Waals surface area contributed by atoms with Crippen molar-refractivity contribution in [3.8, 4) is 0 Å². The number of aryl methyl sites for hydroxylation is 2. The lowest BCUT2D eigenvalue weighted by molar-refractivity contribution is 0.0219. The standard InChI is InChI=1S/C12H20ClN3O/c1-3-16-11(12(13)9(2)15-16)8-17-10-5-4-6-14-7-10/h10,14H,3-8H2,1-2H3/t10-/m0/s1. The van der Waals surface area contributed by atoms with Crippen LogP contribution in [0.25, 0.3) is 0 Å². The van der Waals surface area contributed by atoms with E-state index in [2.05, 4.69) is 17.3 Å². The number of piperidine rings is 1. The molecule has 17 heavy (non-hydrogen) atoms. The van der Waals surface area contributed by atoms with Crippen molar-refractivity contribution in [3.05, 3.63) is 16.4 Å². The van der Waals surface area contributed by atoms with Gasteiger partial charge in [-0.2, -0.15) is 5.10 Å². The Labute approximate surface area is 107 Å². The Hall–Kier alpha value is -0.580. The van der Waals surface area contributed by atoms with Gasteiger partial charge in [-0.25, -0.2) is 0 Å². The molecule has 2 heterocycles. The number of nitrogens with one attached hydrogen (secondary N) is 1. The third-order valence-corrected chi connectivity index (χ3v) is 3.65. The highest BCUT2D eigenvalue weighted by Crippen LogP contribution is 2.22. The molecule has 1 aliphatic heterocycles. The van der Waals surface area contributed by atoms with Crippen molar-refractivity contribution < 1.29 is 4.74 Å². The predicted molar refractivity (Wildman–Crippen MR) is 68.3 cm³/mol. The fourth-order valence-electron chi connectivity index (χ4n) is 2.17. The predicted octanol–water partition coefficient (Wildman–Crippen LogP) is 2.13. The molecular formula is C12H20ClN3O. The summed E-state index contributed by atoms with van der Waals surface area (Å²) in [5, 5.41) is 8.47. The molecule has 1 aromatic rings. The van der Waals surface area contributed by atoms with Crippen LogP contribution in [0.1, 0.15) is 31.2 Å². The maximum absolute atomic E-state index is 6.23. The molecule has 96 valence electrons. The van der Waals surface area contributed by atoms with Crippen LogP contribution in [0.5, 0.6) is 0 Å². The molecule has 0 radical (unpaired) electrons. The number of nitrogens with zero attached hydrogens (tertiary/aromatic N) is 2. The smallest absolute Gasteiger partial charge is 0.0904 e. The monoisotopic (exact) mass is 257 g/mol. The lowest BCUT2D eigenvalue weighted by Gasteiger charge is -2.23. The molecule has 0 amide bonds. The highest BCUT2D eigenvalue weighted by atomic mass is 35.5. The lowest BCUT2D eigenvalue weighted by Crippen LogP contribution is -2.35. The van der Waals surface area contributed by atoms with Gasteiger partial charge in [0.25, 0.3) is 0 Å². The summed E-state index contributed by atoms with van der Waals surface area (Å²) >= 11 is 6.23. The van der Waals surface area contributed by atoms with Gasteiger partial charge >= 0.3 is 0 Å².